The minimum absolute atomic E-state index is 0.0150. The lowest BCUT2D eigenvalue weighted by Crippen LogP contribution is -2.43. The highest BCUT2D eigenvalue weighted by Crippen LogP contribution is 2.30. The van der Waals surface area contributed by atoms with Crippen molar-refractivity contribution in [2.24, 2.45) is 0 Å². The van der Waals surface area contributed by atoms with Crippen LogP contribution in [0.2, 0.25) is 0 Å². The normalized spacial score (nSPS) is 16.9. The smallest absolute Gasteiger partial charge is 0.338 e. The molecule has 0 saturated carbocycles. The van der Waals surface area contributed by atoms with Gasteiger partial charge in [0.15, 0.2) is 24.2 Å². The first-order valence-corrected chi connectivity index (χ1v) is 10.4. The number of urea groups is 1. The Kier molecular flexibility index (Phi) is 6.43. The number of hydrogen-bond acceptors (Lipinski definition) is 7. The Morgan fingerprint density at radius 2 is 1.85 bits per heavy atom. The Hall–Kier alpha value is -4.08. The van der Waals surface area contributed by atoms with Gasteiger partial charge >= 0.3 is 12.0 Å². The first-order valence-electron chi connectivity index (χ1n) is 10.4. The molecule has 1 atom stereocenters. The summed E-state index contributed by atoms with van der Waals surface area (Å²) < 4.78 is 16.6. The maximum absolute atomic E-state index is 12.4. The van der Waals surface area contributed by atoms with Gasteiger partial charge in [0.25, 0.3) is 5.91 Å². The Labute approximate surface area is 190 Å². The number of nitrogens with zero attached hydrogens (tertiary/aromatic N) is 2. The monoisotopic (exact) mass is 453 g/mol. The number of ether oxygens (including phenoxy) is 3. The van der Waals surface area contributed by atoms with Crippen molar-refractivity contribution >= 4 is 23.8 Å². The van der Waals surface area contributed by atoms with Crippen molar-refractivity contribution in [3.8, 4) is 11.5 Å². The van der Waals surface area contributed by atoms with Crippen LogP contribution in [-0.4, -0.2) is 73.1 Å². The molecule has 1 saturated heterocycles. The van der Waals surface area contributed by atoms with Gasteiger partial charge in [-0.3, -0.25) is 14.5 Å². The average molecular weight is 453 g/mol. The van der Waals surface area contributed by atoms with Gasteiger partial charge in [0.1, 0.15) is 6.61 Å². The summed E-state index contributed by atoms with van der Waals surface area (Å²) in [5.74, 6) is -0.0388. The summed E-state index contributed by atoms with van der Waals surface area (Å²) in [5, 5.41) is 2.45. The summed E-state index contributed by atoms with van der Waals surface area (Å²) in [7, 11) is 1.60. The molecule has 0 aromatic heterocycles. The van der Waals surface area contributed by atoms with Gasteiger partial charge in [-0.15, -0.1) is 0 Å². The number of nitrogens with one attached hydrogen (secondary N) is 1. The van der Waals surface area contributed by atoms with Crippen molar-refractivity contribution in [2.75, 3.05) is 33.4 Å². The molecule has 1 fully saturated rings. The average Bonchev–Trinajstić information content (AvgIpc) is 3.14. The number of rotatable bonds is 7. The highest BCUT2D eigenvalue weighted by molar-refractivity contribution is 6.01. The molecule has 0 bridgehead atoms. The molecule has 4 amide bonds. The molecule has 2 aliphatic rings. The van der Waals surface area contributed by atoms with Crippen LogP contribution in [0.4, 0.5) is 4.79 Å². The van der Waals surface area contributed by atoms with Crippen LogP contribution < -0.4 is 14.8 Å². The molecule has 33 heavy (non-hydrogen) atoms. The van der Waals surface area contributed by atoms with E-state index in [9.17, 15) is 19.2 Å². The number of esters is 1. The Morgan fingerprint density at radius 3 is 2.55 bits per heavy atom. The fourth-order valence-electron chi connectivity index (χ4n) is 3.43. The van der Waals surface area contributed by atoms with Gasteiger partial charge in [0.05, 0.1) is 25.2 Å². The number of fused-ring (bicyclic) bond motifs is 1. The molecule has 1 N–H and O–H groups in total. The van der Waals surface area contributed by atoms with Crippen molar-refractivity contribution in [1.29, 1.82) is 0 Å². The maximum Gasteiger partial charge on any atom is 0.338 e. The minimum Gasteiger partial charge on any atom is -0.486 e. The zero-order valence-electron chi connectivity index (χ0n) is 18.0. The molecule has 2 aromatic carbocycles. The van der Waals surface area contributed by atoms with E-state index in [-0.39, 0.29) is 43.1 Å². The highest BCUT2D eigenvalue weighted by atomic mass is 16.6. The van der Waals surface area contributed by atoms with Gasteiger partial charge in [-0.2, -0.15) is 0 Å². The van der Waals surface area contributed by atoms with Crippen LogP contribution in [-0.2, 0) is 20.9 Å². The second-order valence-corrected chi connectivity index (χ2v) is 7.68. The number of carbonyl (C=O) groups excluding carboxylic acids is 4. The van der Waals surface area contributed by atoms with Crippen molar-refractivity contribution in [3.63, 3.8) is 0 Å². The van der Waals surface area contributed by atoms with E-state index in [1.54, 1.807) is 25.2 Å². The molecule has 0 unspecified atom stereocenters. The number of imide groups is 1. The topological polar surface area (TPSA) is 114 Å². The quantitative estimate of drug-likeness (QED) is 0.495. The van der Waals surface area contributed by atoms with Crippen LogP contribution in [0.15, 0.2) is 48.5 Å². The molecular weight excluding hydrogens is 430 g/mol. The summed E-state index contributed by atoms with van der Waals surface area (Å²) in [6, 6.07) is 13.2. The number of para-hydroxylation sites is 2. The molecule has 0 spiro atoms. The summed E-state index contributed by atoms with van der Waals surface area (Å²) in [6.45, 7) is 0.275. The standard InChI is InChI=1S/C23H23N3O7/c1-25(12-17-13-31-18-4-2-3-5-19(18)33-17)21(28)14-32-22(29)16-8-6-15(7-9-16)11-26-20(27)10-24-23(26)30/h2-9,17H,10-14H2,1H3,(H,24,30)/t17-/m1/s1. The predicted molar refractivity (Wildman–Crippen MR) is 115 cm³/mol. The van der Waals surface area contributed by atoms with Gasteiger partial charge in [0, 0.05) is 7.05 Å². The number of benzene rings is 2. The summed E-state index contributed by atoms with van der Waals surface area (Å²) in [6.07, 6.45) is -0.332. The molecule has 10 nitrogen and oxygen atoms in total. The van der Waals surface area contributed by atoms with Gasteiger partial charge in [-0.05, 0) is 29.8 Å². The minimum atomic E-state index is -0.649. The largest absolute Gasteiger partial charge is 0.486 e. The number of likely N-dealkylation sites (N-methyl/N-ethyl adjacent to an activating group) is 1. The first kappa shape index (κ1) is 22.1. The molecule has 2 aromatic rings. The van der Waals surface area contributed by atoms with E-state index < -0.39 is 18.6 Å². The fourth-order valence-corrected chi connectivity index (χ4v) is 3.43. The third-order valence-electron chi connectivity index (χ3n) is 5.26. The van der Waals surface area contributed by atoms with E-state index in [2.05, 4.69) is 5.32 Å². The zero-order chi connectivity index (χ0) is 23.4. The molecule has 0 aliphatic carbocycles. The lowest BCUT2D eigenvalue weighted by molar-refractivity contribution is -0.134. The van der Waals surface area contributed by atoms with Crippen LogP contribution in [0.3, 0.4) is 0 Å². The van der Waals surface area contributed by atoms with Gasteiger partial charge in [0.2, 0.25) is 5.91 Å². The second kappa shape index (κ2) is 9.60. The van der Waals surface area contributed by atoms with E-state index >= 15 is 0 Å². The summed E-state index contributed by atoms with van der Waals surface area (Å²) in [5.41, 5.74) is 0.941. The molecule has 172 valence electrons. The highest BCUT2D eigenvalue weighted by Gasteiger charge is 2.28. The molecule has 4 rings (SSSR count). The van der Waals surface area contributed by atoms with Crippen LogP contribution in [0.25, 0.3) is 0 Å². The van der Waals surface area contributed by atoms with Crippen LogP contribution in [0, 0.1) is 0 Å². The third-order valence-corrected chi connectivity index (χ3v) is 5.26. The molecule has 0 radical (unpaired) electrons. The Balaban J connectivity index is 1.24. The maximum atomic E-state index is 12.4. The van der Waals surface area contributed by atoms with Gasteiger partial charge in [-0.1, -0.05) is 24.3 Å². The van der Waals surface area contributed by atoms with Gasteiger partial charge < -0.3 is 24.4 Å². The van der Waals surface area contributed by atoms with Crippen molar-refractivity contribution in [1.82, 2.24) is 15.1 Å². The summed E-state index contributed by atoms with van der Waals surface area (Å²) >= 11 is 0. The van der Waals surface area contributed by atoms with E-state index in [1.807, 2.05) is 18.2 Å². The lowest BCUT2D eigenvalue weighted by Gasteiger charge is -2.29. The van der Waals surface area contributed by atoms with Crippen LogP contribution >= 0.6 is 0 Å². The van der Waals surface area contributed by atoms with Crippen LogP contribution in [0.1, 0.15) is 15.9 Å². The van der Waals surface area contributed by atoms with Gasteiger partial charge in [-0.25, -0.2) is 9.59 Å². The van der Waals surface area contributed by atoms with E-state index in [4.69, 9.17) is 14.2 Å². The molecule has 2 heterocycles. The fraction of sp³-hybridized carbons (Fsp3) is 0.304. The molecular formula is C23H23N3O7. The SMILES string of the molecule is CN(C[C@@H]1COc2ccccc2O1)C(=O)COC(=O)c1ccc(CN2C(=O)CNC2=O)cc1. The third kappa shape index (κ3) is 5.22. The van der Waals surface area contributed by atoms with Crippen molar-refractivity contribution in [3.05, 3.63) is 59.7 Å². The zero-order valence-corrected chi connectivity index (χ0v) is 18.0. The Morgan fingerprint density at radius 1 is 1.12 bits per heavy atom. The van der Waals surface area contributed by atoms with E-state index in [1.165, 1.54) is 17.0 Å². The van der Waals surface area contributed by atoms with Crippen molar-refractivity contribution < 1.29 is 33.4 Å². The molecule has 10 heteroatoms. The Bertz CT molecular complexity index is 1050. The first-order chi connectivity index (χ1) is 15.9. The van der Waals surface area contributed by atoms with Crippen molar-refractivity contribution in [2.45, 2.75) is 12.6 Å². The number of hydrogen-bond donors (Lipinski definition) is 1. The molecule has 2 aliphatic heterocycles. The number of amides is 4. The second-order valence-electron chi connectivity index (χ2n) is 7.68. The number of carbonyl (C=O) groups is 4. The predicted octanol–water partition coefficient (Wildman–Crippen LogP) is 1.19. The van der Waals surface area contributed by atoms with E-state index in [0.29, 0.717) is 23.7 Å². The van der Waals surface area contributed by atoms with E-state index in [0.717, 1.165) is 4.90 Å². The van der Waals surface area contributed by atoms with Crippen LogP contribution in [0.5, 0.6) is 11.5 Å². The lowest BCUT2D eigenvalue weighted by atomic mass is 10.1. The summed E-state index contributed by atoms with van der Waals surface area (Å²) in [4.78, 5) is 50.5.